The van der Waals surface area contributed by atoms with Crippen molar-refractivity contribution in [1.29, 1.82) is 0 Å². The minimum absolute atomic E-state index is 0.0154. The molecule has 2 aromatic rings. The molecular weight excluding hydrogens is 322 g/mol. The van der Waals surface area contributed by atoms with Gasteiger partial charge in [0, 0.05) is 17.4 Å². The average Bonchev–Trinajstić information content (AvgIpc) is 2.42. The first-order valence-electron chi connectivity index (χ1n) is 5.86. The molecule has 0 saturated heterocycles. The second-order valence-electron chi connectivity index (χ2n) is 4.05. The molecule has 20 heavy (non-hydrogen) atoms. The highest BCUT2D eigenvalue weighted by Crippen LogP contribution is 2.18. The largest absolute Gasteiger partial charge is 0.324 e. The van der Waals surface area contributed by atoms with Crippen LogP contribution in [0.25, 0.3) is 0 Å². The smallest absolute Gasteiger partial charge is 0.308 e. The maximum absolute atomic E-state index is 11.8. The lowest BCUT2D eigenvalue weighted by molar-refractivity contribution is 0.101. The third-order valence-electron chi connectivity index (χ3n) is 2.54. The Bertz CT molecular complexity index is 641. The number of carbonyl (C=O) groups excluding carboxylic acids is 2. The van der Waals surface area contributed by atoms with Gasteiger partial charge >= 0.3 is 6.03 Å². The fraction of sp³-hybridized carbons (Fsp3) is 0.0714. The van der Waals surface area contributed by atoms with Gasteiger partial charge in [-0.05, 0) is 59.3 Å². The number of nitrogens with one attached hydrogen (secondary N) is 2. The number of pyridine rings is 1. The number of ketones is 1. The molecule has 0 fully saturated rings. The van der Waals surface area contributed by atoms with Gasteiger partial charge in [0.15, 0.2) is 5.78 Å². The molecule has 0 unspecified atom stereocenters. The van der Waals surface area contributed by atoms with Crippen molar-refractivity contribution in [3.63, 3.8) is 0 Å². The summed E-state index contributed by atoms with van der Waals surface area (Å²) in [5.41, 5.74) is 1.20. The summed E-state index contributed by atoms with van der Waals surface area (Å²) in [6.45, 7) is 1.49. The molecule has 2 amide bonds. The van der Waals surface area contributed by atoms with Crippen LogP contribution in [-0.4, -0.2) is 16.8 Å². The summed E-state index contributed by atoms with van der Waals surface area (Å²) in [6, 6.07) is 9.80. The van der Waals surface area contributed by atoms with Crippen LogP contribution in [0.1, 0.15) is 17.3 Å². The quantitative estimate of drug-likeness (QED) is 0.841. The molecule has 0 atom stereocenters. The van der Waals surface area contributed by atoms with Crippen molar-refractivity contribution >= 4 is 39.2 Å². The summed E-state index contributed by atoms with van der Waals surface area (Å²) >= 11 is 3.29. The van der Waals surface area contributed by atoms with Crippen molar-refractivity contribution in [1.82, 2.24) is 4.98 Å². The van der Waals surface area contributed by atoms with E-state index >= 15 is 0 Å². The van der Waals surface area contributed by atoms with Gasteiger partial charge in [-0.2, -0.15) is 0 Å². The van der Waals surface area contributed by atoms with E-state index in [0.29, 0.717) is 21.5 Å². The number of urea groups is 1. The lowest BCUT2D eigenvalue weighted by Gasteiger charge is -2.08. The summed E-state index contributed by atoms with van der Waals surface area (Å²) in [4.78, 5) is 27.0. The van der Waals surface area contributed by atoms with Crippen LogP contribution in [0.5, 0.6) is 0 Å². The van der Waals surface area contributed by atoms with Crippen LogP contribution < -0.4 is 10.6 Å². The van der Waals surface area contributed by atoms with Gasteiger partial charge in [-0.15, -0.1) is 0 Å². The Morgan fingerprint density at radius 3 is 2.40 bits per heavy atom. The van der Waals surface area contributed by atoms with E-state index in [4.69, 9.17) is 0 Å². The first-order valence-corrected chi connectivity index (χ1v) is 6.65. The number of amides is 2. The Morgan fingerprint density at radius 1 is 1.10 bits per heavy atom. The lowest BCUT2D eigenvalue weighted by atomic mass is 10.1. The Kier molecular flexibility index (Phi) is 4.47. The molecule has 0 bridgehead atoms. The van der Waals surface area contributed by atoms with Crippen LogP contribution in [0, 0.1) is 0 Å². The van der Waals surface area contributed by atoms with E-state index in [2.05, 4.69) is 31.5 Å². The van der Waals surface area contributed by atoms with Gasteiger partial charge in [-0.25, -0.2) is 9.78 Å². The summed E-state index contributed by atoms with van der Waals surface area (Å²) < 4.78 is 0.696. The highest BCUT2D eigenvalue weighted by molar-refractivity contribution is 9.10. The van der Waals surface area contributed by atoms with Gasteiger partial charge < -0.3 is 5.32 Å². The molecule has 0 saturated carbocycles. The molecule has 6 heteroatoms. The number of benzene rings is 1. The van der Waals surface area contributed by atoms with Gasteiger partial charge in [0.25, 0.3) is 0 Å². The molecular formula is C14H12BrN3O2. The number of halogens is 1. The molecule has 0 aliphatic rings. The van der Waals surface area contributed by atoms with E-state index in [1.807, 2.05) is 0 Å². The predicted octanol–water partition coefficient (Wildman–Crippen LogP) is 3.69. The third kappa shape index (κ3) is 3.64. The van der Waals surface area contributed by atoms with Crippen LogP contribution >= 0.6 is 15.9 Å². The number of nitrogens with zero attached hydrogens (tertiary/aromatic N) is 1. The predicted molar refractivity (Wildman–Crippen MR) is 81.0 cm³/mol. The Morgan fingerprint density at radius 2 is 1.80 bits per heavy atom. The maximum Gasteiger partial charge on any atom is 0.324 e. The molecule has 0 aliphatic heterocycles. The number of aromatic nitrogens is 1. The molecule has 1 aromatic carbocycles. The molecule has 1 aromatic heterocycles. The van der Waals surface area contributed by atoms with Crippen LogP contribution in [0.2, 0.25) is 0 Å². The fourth-order valence-corrected chi connectivity index (χ4v) is 1.89. The van der Waals surface area contributed by atoms with Crippen molar-refractivity contribution in [2.75, 3.05) is 10.6 Å². The van der Waals surface area contributed by atoms with Crippen LogP contribution in [0.4, 0.5) is 16.3 Å². The molecule has 5 nitrogen and oxygen atoms in total. The van der Waals surface area contributed by atoms with Gasteiger partial charge in [-0.1, -0.05) is 0 Å². The van der Waals surface area contributed by atoms with E-state index in [9.17, 15) is 9.59 Å². The molecule has 0 aliphatic carbocycles. The first kappa shape index (κ1) is 14.2. The number of hydrogen-bond acceptors (Lipinski definition) is 3. The van der Waals surface area contributed by atoms with E-state index in [1.165, 1.54) is 6.92 Å². The second kappa shape index (κ2) is 6.29. The highest BCUT2D eigenvalue weighted by Gasteiger charge is 2.06. The molecule has 1 heterocycles. The number of Topliss-reactive ketones (excluding diaryl/α,β-unsaturated/α-hetero) is 1. The van der Waals surface area contributed by atoms with Gasteiger partial charge in [0.1, 0.15) is 5.82 Å². The summed E-state index contributed by atoms with van der Waals surface area (Å²) in [5, 5.41) is 5.28. The molecule has 2 N–H and O–H groups in total. The van der Waals surface area contributed by atoms with Crippen LogP contribution in [0.3, 0.4) is 0 Å². The Balaban J connectivity index is 2.01. The van der Waals surface area contributed by atoms with Gasteiger partial charge in [-0.3, -0.25) is 10.1 Å². The average molecular weight is 334 g/mol. The zero-order valence-corrected chi connectivity index (χ0v) is 12.3. The fourth-order valence-electron chi connectivity index (χ4n) is 1.54. The molecule has 0 spiro atoms. The lowest BCUT2D eigenvalue weighted by Crippen LogP contribution is -2.20. The van der Waals surface area contributed by atoms with E-state index < -0.39 is 6.03 Å². The Labute approximate surface area is 124 Å². The van der Waals surface area contributed by atoms with Crippen LogP contribution in [0.15, 0.2) is 47.1 Å². The highest BCUT2D eigenvalue weighted by atomic mass is 79.9. The van der Waals surface area contributed by atoms with Crippen molar-refractivity contribution < 1.29 is 9.59 Å². The zero-order chi connectivity index (χ0) is 14.5. The maximum atomic E-state index is 11.8. The summed E-state index contributed by atoms with van der Waals surface area (Å²) in [5.74, 6) is 0.420. The number of anilines is 2. The van der Waals surface area contributed by atoms with Gasteiger partial charge in [0.05, 0.1) is 4.47 Å². The van der Waals surface area contributed by atoms with Crippen molar-refractivity contribution in [2.24, 2.45) is 0 Å². The minimum atomic E-state index is -0.403. The standard InChI is InChI=1S/C14H12BrN3O2/c1-9(19)10-4-6-11(7-5-10)17-14(20)18-13-12(15)3-2-8-16-13/h2-8H,1H3,(H2,16,17,18,20). The number of hydrogen-bond donors (Lipinski definition) is 2. The zero-order valence-electron chi connectivity index (χ0n) is 10.7. The van der Waals surface area contributed by atoms with Gasteiger partial charge in [0.2, 0.25) is 0 Å². The third-order valence-corrected chi connectivity index (χ3v) is 3.18. The molecule has 102 valence electrons. The Hall–Kier alpha value is -2.21. The molecule has 0 radical (unpaired) electrons. The van der Waals surface area contributed by atoms with Crippen LogP contribution in [-0.2, 0) is 0 Å². The van der Waals surface area contributed by atoms with E-state index in [0.717, 1.165) is 0 Å². The van der Waals surface area contributed by atoms with Crippen molar-refractivity contribution in [2.45, 2.75) is 6.92 Å². The minimum Gasteiger partial charge on any atom is -0.308 e. The monoisotopic (exact) mass is 333 g/mol. The topological polar surface area (TPSA) is 71.1 Å². The van der Waals surface area contributed by atoms with Crippen molar-refractivity contribution in [3.05, 3.63) is 52.6 Å². The first-order chi connectivity index (χ1) is 9.56. The summed E-state index contributed by atoms with van der Waals surface area (Å²) in [6.07, 6.45) is 1.59. The van der Waals surface area contributed by atoms with Crippen molar-refractivity contribution in [3.8, 4) is 0 Å². The van der Waals surface area contributed by atoms with E-state index in [-0.39, 0.29) is 5.78 Å². The molecule has 2 rings (SSSR count). The number of rotatable bonds is 3. The second-order valence-corrected chi connectivity index (χ2v) is 4.90. The SMILES string of the molecule is CC(=O)c1ccc(NC(=O)Nc2ncccc2Br)cc1. The summed E-state index contributed by atoms with van der Waals surface area (Å²) in [7, 11) is 0. The normalized spacial score (nSPS) is 9.90. The number of carbonyl (C=O) groups is 2. The van der Waals surface area contributed by atoms with E-state index in [1.54, 1.807) is 42.6 Å².